The lowest BCUT2D eigenvalue weighted by molar-refractivity contribution is 0.592. The highest BCUT2D eigenvalue weighted by Gasteiger charge is 2.38. The fraction of sp³-hybridized carbons (Fsp3) is 0. The number of aromatic nitrogens is 1. The van der Waals surface area contributed by atoms with Crippen LogP contribution in [0, 0.1) is 0 Å². The first-order valence-corrected chi connectivity index (χ1v) is 13.8. The van der Waals surface area contributed by atoms with Gasteiger partial charge in [-0.15, -0.1) is 0 Å². The fourth-order valence-corrected chi connectivity index (χ4v) is 8.60. The largest absolute Gasteiger partial charge is 0.309 e. The molecule has 5 aromatic carbocycles. The Bertz CT molecular complexity index is 1820. The van der Waals surface area contributed by atoms with Gasteiger partial charge in [0.2, 0.25) is 0 Å². The number of benzene rings is 5. The van der Waals surface area contributed by atoms with Crippen LogP contribution >= 0.6 is 7.14 Å². The van der Waals surface area contributed by atoms with Crippen molar-refractivity contribution in [3.8, 4) is 33.4 Å². The minimum atomic E-state index is -3.26. The maximum atomic E-state index is 15.8. The van der Waals surface area contributed by atoms with Crippen molar-refractivity contribution < 1.29 is 4.57 Å². The first-order chi connectivity index (χ1) is 17.7. The minimum Gasteiger partial charge on any atom is -0.309 e. The molecule has 2 nitrogen and oxygen atoms in total. The predicted molar refractivity (Wildman–Crippen MR) is 151 cm³/mol. The van der Waals surface area contributed by atoms with E-state index in [4.69, 9.17) is 0 Å². The number of hydrogen-bond acceptors (Lipinski definition) is 2. The van der Waals surface area contributed by atoms with E-state index in [0.717, 1.165) is 60.1 Å². The van der Waals surface area contributed by atoms with Crippen LogP contribution in [0.25, 0.3) is 44.2 Å². The summed E-state index contributed by atoms with van der Waals surface area (Å²) in [6.45, 7) is 0. The highest BCUT2D eigenvalue weighted by molar-refractivity contribution is 7.85. The van der Waals surface area contributed by atoms with E-state index in [9.17, 15) is 0 Å². The zero-order valence-corrected chi connectivity index (χ0v) is 20.4. The van der Waals surface area contributed by atoms with Crippen molar-refractivity contribution >= 4 is 33.8 Å². The summed E-state index contributed by atoms with van der Waals surface area (Å²) in [4.78, 5) is 4.47. The van der Waals surface area contributed by atoms with E-state index in [-0.39, 0.29) is 0 Å². The summed E-state index contributed by atoms with van der Waals surface area (Å²) in [7, 11) is -3.26. The molecule has 1 atom stereocenters. The van der Waals surface area contributed by atoms with Gasteiger partial charge in [-0.05, 0) is 51.2 Å². The maximum Gasteiger partial charge on any atom is 0.172 e. The van der Waals surface area contributed by atoms with Gasteiger partial charge in [-0.1, -0.05) is 103 Å². The second-order valence-corrected chi connectivity index (χ2v) is 11.8. The van der Waals surface area contributed by atoms with Gasteiger partial charge in [0, 0.05) is 39.4 Å². The predicted octanol–water partition coefficient (Wildman–Crippen LogP) is 7.19. The Balaban J connectivity index is 1.63. The van der Waals surface area contributed by atoms with Crippen molar-refractivity contribution in [2.75, 3.05) is 0 Å². The molecule has 36 heavy (non-hydrogen) atoms. The molecule has 1 aliphatic heterocycles. The molecule has 7 rings (SSSR count). The number of rotatable bonds is 2. The molecule has 0 saturated carbocycles. The summed E-state index contributed by atoms with van der Waals surface area (Å²) in [5.74, 6) is 0. The second kappa shape index (κ2) is 8.16. The molecule has 2 heterocycles. The van der Waals surface area contributed by atoms with E-state index < -0.39 is 7.14 Å². The Hall–Kier alpha value is -4.26. The molecule has 0 radical (unpaired) electrons. The van der Waals surface area contributed by atoms with Gasteiger partial charge >= 0.3 is 0 Å². The minimum absolute atomic E-state index is 0.834. The average molecular weight is 480 g/mol. The SMILES string of the molecule is O=P1(c2cccc(-c3ccccc3)c2)c2ccncc2-c2ccccc2-c2c1ccc1ccccc21. The average Bonchev–Trinajstić information content (AvgIpc) is 3.06. The summed E-state index contributed by atoms with van der Waals surface area (Å²) in [5, 5.41) is 4.80. The molecule has 0 bridgehead atoms. The topological polar surface area (TPSA) is 30.0 Å². The Morgan fingerprint density at radius 2 is 1.31 bits per heavy atom. The monoisotopic (exact) mass is 479 g/mol. The third kappa shape index (κ3) is 3.05. The Labute approximate surface area is 210 Å². The highest BCUT2D eigenvalue weighted by Crippen LogP contribution is 2.53. The third-order valence-corrected chi connectivity index (χ3v) is 10.3. The molecule has 0 amide bonds. The lowest BCUT2D eigenvalue weighted by atomic mass is 9.92. The van der Waals surface area contributed by atoms with Crippen LogP contribution in [0.15, 0.2) is 134 Å². The molecular weight excluding hydrogens is 457 g/mol. The van der Waals surface area contributed by atoms with Gasteiger partial charge in [-0.2, -0.15) is 0 Å². The van der Waals surface area contributed by atoms with Crippen LogP contribution in [0.4, 0.5) is 0 Å². The van der Waals surface area contributed by atoms with Crippen LogP contribution in [0.3, 0.4) is 0 Å². The first-order valence-electron chi connectivity index (χ1n) is 12.1. The lowest BCUT2D eigenvalue weighted by Crippen LogP contribution is -2.26. The Morgan fingerprint density at radius 3 is 2.19 bits per heavy atom. The quantitative estimate of drug-likeness (QED) is 0.246. The van der Waals surface area contributed by atoms with Crippen molar-refractivity contribution in [1.29, 1.82) is 0 Å². The van der Waals surface area contributed by atoms with Crippen molar-refractivity contribution in [3.63, 3.8) is 0 Å². The molecule has 0 spiro atoms. The number of nitrogens with zero attached hydrogens (tertiary/aromatic N) is 1. The van der Waals surface area contributed by atoms with Crippen molar-refractivity contribution in [2.45, 2.75) is 0 Å². The standard InChI is InChI=1S/C33H22NOP/c35-36(26-13-8-12-25(21-26)23-9-2-1-3-10-23)31-19-20-34-22-30(31)28-15-6-7-16-29(28)33-27-14-5-4-11-24(27)17-18-32(33)36/h1-22H. The van der Waals surface area contributed by atoms with Crippen LogP contribution < -0.4 is 15.9 Å². The van der Waals surface area contributed by atoms with E-state index in [1.807, 2.05) is 48.7 Å². The van der Waals surface area contributed by atoms with Gasteiger partial charge < -0.3 is 4.57 Å². The Morgan fingerprint density at radius 1 is 0.556 bits per heavy atom. The molecule has 6 aromatic rings. The zero-order valence-electron chi connectivity index (χ0n) is 19.5. The normalized spacial score (nSPS) is 16.0. The van der Waals surface area contributed by atoms with Crippen LogP contribution in [0.5, 0.6) is 0 Å². The fourth-order valence-electron chi connectivity index (χ4n) is 5.53. The summed E-state index contributed by atoms with van der Waals surface area (Å²) in [5.41, 5.74) is 6.31. The Kier molecular flexibility index (Phi) is 4.77. The molecule has 0 aliphatic carbocycles. The van der Waals surface area contributed by atoms with E-state index in [1.165, 1.54) is 0 Å². The smallest absolute Gasteiger partial charge is 0.172 e. The second-order valence-electron chi connectivity index (χ2n) is 9.14. The first kappa shape index (κ1) is 21.1. The summed E-state index contributed by atoms with van der Waals surface area (Å²) in [6, 6.07) is 41.4. The molecule has 3 heteroatoms. The molecule has 1 aromatic heterocycles. The van der Waals surface area contributed by atoms with Crippen LogP contribution in [0.2, 0.25) is 0 Å². The van der Waals surface area contributed by atoms with Crippen LogP contribution in [-0.4, -0.2) is 4.98 Å². The van der Waals surface area contributed by atoms with Crippen molar-refractivity contribution in [2.24, 2.45) is 0 Å². The van der Waals surface area contributed by atoms with E-state index in [1.54, 1.807) is 6.20 Å². The van der Waals surface area contributed by atoms with Gasteiger partial charge in [0.05, 0.1) is 0 Å². The number of fused-ring (bicyclic) bond motifs is 7. The molecule has 0 N–H and O–H groups in total. The molecule has 0 fully saturated rings. The molecule has 1 unspecified atom stereocenters. The van der Waals surface area contributed by atoms with Crippen LogP contribution in [0.1, 0.15) is 0 Å². The maximum absolute atomic E-state index is 15.8. The zero-order chi connectivity index (χ0) is 24.1. The summed E-state index contributed by atoms with van der Waals surface area (Å²) in [6.07, 6.45) is 3.64. The van der Waals surface area contributed by atoms with E-state index in [2.05, 4.69) is 83.8 Å². The van der Waals surface area contributed by atoms with Crippen LogP contribution in [-0.2, 0) is 4.57 Å². The molecule has 1 aliphatic rings. The van der Waals surface area contributed by atoms with Gasteiger partial charge in [-0.25, -0.2) is 0 Å². The number of hydrogen-bond donors (Lipinski definition) is 0. The van der Waals surface area contributed by atoms with Gasteiger partial charge in [0.1, 0.15) is 0 Å². The molecule has 0 saturated heterocycles. The highest BCUT2D eigenvalue weighted by atomic mass is 31.2. The molecular formula is C33H22NOP. The summed E-state index contributed by atoms with van der Waals surface area (Å²) < 4.78 is 15.8. The number of pyridine rings is 1. The van der Waals surface area contributed by atoms with Gasteiger partial charge in [-0.3, -0.25) is 4.98 Å². The van der Waals surface area contributed by atoms with Crippen molar-refractivity contribution in [3.05, 3.63) is 134 Å². The lowest BCUT2D eigenvalue weighted by Gasteiger charge is -2.23. The van der Waals surface area contributed by atoms with Crippen molar-refractivity contribution in [1.82, 2.24) is 4.98 Å². The van der Waals surface area contributed by atoms with Gasteiger partial charge in [0.15, 0.2) is 7.14 Å². The molecule has 170 valence electrons. The van der Waals surface area contributed by atoms with E-state index in [0.29, 0.717) is 0 Å². The summed E-state index contributed by atoms with van der Waals surface area (Å²) >= 11 is 0. The van der Waals surface area contributed by atoms with E-state index >= 15 is 4.57 Å². The van der Waals surface area contributed by atoms with Gasteiger partial charge in [0.25, 0.3) is 0 Å². The third-order valence-electron chi connectivity index (χ3n) is 7.19.